The average molecular weight is 592 g/mol. The van der Waals surface area contributed by atoms with Crippen molar-refractivity contribution in [3.8, 4) is 11.1 Å². The molecule has 3 aromatic carbocycles. The van der Waals surface area contributed by atoms with E-state index in [1.54, 1.807) is 89.2 Å². The Balaban J connectivity index is 1.52. The van der Waals surface area contributed by atoms with Crippen molar-refractivity contribution in [1.29, 1.82) is 0 Å². The summed E-state index contributed by atoms with van der Waals surface area (Å²) in [7, 11) is 0. The van der Waals surface area contributed by atoms with Crippen LogP contribution in [0.4, 0.5) is 17.1 Å². The van der Waals surface area contributed by atoms with E-state index in [4.69, 9.17) is 4.42 Å². The van der Waals surface area contributed by atoms with Crippen molar-refractivity contribution in [1.82, 2.24) is 0 Å². The number of carboxylic acids is 1. The Morgan fingerprint density at radius 3 is 2.00 bits per heavy atom. The van der Waals surface area contributed by atoms with Gasteiger partial charge in [0.2, 0.25) is 5.91 Å². The van der Waals surface area contributed by atoms with Crippen LogP contribution in [0.2, 0.25) is 0 Å². The molecule has 0 fully saturated rings. The quantitative estimate of drug-likeness (QED) is 0.158. The molecular formula is C31H33N3O7S. The highest BCUT2D eigenvalue weighted by molar-refractivity contribution is 7.80. The van der Waals surface area contributed by atoms with Crippen molar-refractivity contribution >= 4 is 57.1 Å². The van der Waals surface area contributed by atoms with Crippen molar-refractivity contribution < 1.29 is 32.7 Å². The van der Waals surface area contributed by atoms with Gasteiger partial charge in [-0.25, -0.2) is 9.00 Å². The van der Waals surface area contributed by atoms with Gasteiger partial charge in [0.05, 0.1) is 11.4 Å². The van der Waals surface area contributed by atoms with Crippen molar-refractivity contribution in [3.05, 3.63) is 78.1 Å². The minimum Gasteiger partial charge on any atom is -0.480 e. The molecule has 2 atom stereocenters. The van der Waals surface area contributed by atoms with Crippen LogP contribution in [-0.2, 0) is 20.9 Å². The molecule has 42 heavy (non-hydrogen) atoms. The maximum Gasteiger partial charge on any atom is 0.327 e. The Bertz CT molecular complexity index is 1640. The number of carbonyl (C=O) groups is 3. The largest absolute Gasteiger partial charge is 0.480 e. The van der Waals surface area contributed by atoms with Crippen LogP contribution in [0.25, 0.3) is 22.1 Å². The van der Waals surface area contributed by atoms with E-state index < -0.39 is 35.1 Å². The molecular weight excluding hydrogens is 558 g/mol. The van der Waals surface area contributed by atoms with Crippen LogP contribution in [0.5, 0.6) is 0 Å². The van der Waals surface area contributed by atoms with Crippen LogP contribution in [0.15, 0.2) is 71.1 Å². The SMILES string of the molecule is Cc1c(C(=O)Nc2ccc(-c3ccc(N(C(C(=O)O)C(C)C)S(=O)O)cc3)cc2)oc2cccc(NC(=O)C(C)C)c12. The van der Waals surface area contributed by atoms with Gasteiger partial charge in [0, 0.05) is 22.6 Å². The Morgan fingerprint density at radius 2 is 1.48 bits per heavy atom. The van der Waals surface area contributed by atoms with Gasteiger partial charge >= 0.3 is 5.97 Å². The molecule has 2 unspecified atom stereocenters. The summed E-state index contributed by atoms with van der Waals surface area (Å²) in [6.07, 6.45) is 0. The lowest BCUT2D eigenvalue weighted by atomic mass is 10.0. The maximum absolute atomic E-state index is 13.1. The molecule has 0 aliphatic carbocycles. The highest BCUT2D eigenvalue weighted by Gasteiger charge is 2.32. The molecule has 0 spiro atoms. The third-order valence-electron chi connectivity index (χ3n) is 6.85. The minimum atomic E-state index is -2.53. The molecule has 1 aromatic heterocycles. The number of carbonyl (C=O) groups excluding carboxylic acids is 2. The topological polar surface area (TPSA) is 149 Å². The molecule has 0 aliphatic rings. The van der Waals surface area contributed by atoms with Crippen LogP contribution in [0.1, 0.15) is 43.8 Å². The second kappa shape index (κ2) is 12.6. The van der Waals surface area contributed by atoms with Gasteiger partial charge in [-0.2, -0.15) is 0 Å². The summed E-state index contributed by atoms with van der Waals surface area (Å²) in [6.45, 7) is 8.72. The fraction of sp³-hybridized carbons (Fsp3) is 0.258. The summed E-state index contributed by atoms with van der Waals surface area (Å²) in [4.78, 5) is 37.1. The highest BCUT2D eigenvalue weighted by atomic mass is 32.2. The van der Waals surface area contributed by atoms with Gasteiger partial charge in [-0.05, 0) is 60.4 Å². The maximum atomic E-state index is 13.1. The molecule has 0 saturated heterocycles. The van der Waals surface area contributed by atoms with E-state index in [2.05, 4.69) is 10.6 Å². The van der Waals surface area contributed by atoms with E-state index in [9.17, 15) is 28.3 Å². The van der Waals surface area contributed by atoms with Gasteiger partial charge in [0.25, 0.3) is 17.2 Å². The number of hydrogen-bond donors (Lipinski definition) is 4. The van der Waals surface area contributed by atoms with Crippen LogP contribution in [0, 0.1) is 18.8 Å². The number of nitrogens with zero attached hydrogens (tertiary/aromatic N) is 1. The molecule has 4 rings (SSSR count). The van der Waals surface area contributed by atoms with Crippen LogP contribution < -0.4 is 14.9 Å². The lowest BCUT2D eigenvalue weighted by Crippen LogP contribution is -2.45. The Labute approximate surface area is 246 Å². The van der Waals surface area contributed by atoms with Crippen LogP contribution in [-0.4, -0.2) is 37.7 Å². The predicted molar refractivity (Wildman–Crippen MR) is 164 cm³/mol. The van der Waals surface area contributed by atoms with Crippen LogP contribution in [0.3, 0.4) is 0 Å². The highest BCUT2D eigenvalue weighted by Crippen LogP contribution is 2.33. The number of benzene rings is 3. The fourth-order valence-electron chi connectivity index (χ4n) is 4.64. The summed E-state index contributed by atoms with van der Waals surface area (Å²) in [6, 6.07) is 17.8. The summed E-state index contributed by atoms with van der Waals surface area (Å²) in [5, 5.41) is 16.0. The number of nitrogens with one attached hydrogen (secondary N) is 2. The molecule has 0 radical (unpaired) electrons. The summed E-state index contributed by atoms with van der Waals surface area (Å²) in [5.41, 5.74) is 4.14. The molecule has 0 bridgehead atoms. The normalized spacial score (nSPS) is 12.8. The first-order valence-corrected chi connectivity index (χ1v) is 14.4. The molecule has 1 heterocycles. The standard InChI is InChI=1S/C31H33N3O7S/c1-17(2)27(31(37)38)34(42(39)40)23-15-11-21(12-16-23)20-9-13-22(14-10-20)32-30(36)28-19(5)26-24(33-29(35)18(3)4)7-6-8-25(26)41-28/h6-18,27H,1-5H3,(H,32,36)(H,33,35)(H,37,38)(H,39,40). The minimum absolute atomic E-state index is 0.135. The number of carboxylic acid groups (broad SMARTS) is 1. The predicted octanol–water partition coefficient (Wildman–Crippen LogP) is 6.31. The number of furan rings is 1. The third-order valence-corrected chi connectivity index (χ3v) is 7.62. The molecule has 0 saturated carbocycles. The molecule has 4 N–H and O–H groups in total. The number of aliphatic carboxylic acids is 1. The van der Waals surface area contributed by atoms with E-state index >= 15 is 0 Å². The zero-order chi connectivity index (χ0) is 30.7. The third kappa shape index (κ3) is 6.37. The van der Waals surface area contributed by atoms with Gasteiger partial charge in [-0.3, -0.25) is 18.4 Å². The number of aryl methyl sites for hydroxylation is 1. The van der Waals surface area contributed by atoms with Gasteiger partial charge in [-0.1, -0.05) is 58.0 Å². The summed E-state index contributed by atoms with van der Waals surface area (Å²) < 4.78 is 28.6. The number of anilines is 3. The number of rotatable bonds is 10. The zero-order valence-corrected chi connectivity index (χ0v) is 24.7. The molecule has 0 aliphatic heterocycles. The lowest BCUT2D eigenvalue weighted by molar-refractivity contribution is -0.139. The zero-order valence-electron chi connectivity index (χ0n) is 23.9. The van der Waals surface area contributed by atoms with E-state index in [-0.39, 0.29) is 17.6 Å². The molecule has 2 amide bonds. The van der Waals surface area contributed by atoms with Crippen molar-refractivity contribution in [3.63, 3.8) is 0 Å². The average Bonchev–Trinajstić information content (AvgIpc) is 3.28. The smallest absolute Gasteiger partial charge is 0.327 e. The summed E-state index contributed by atoms with van der Waals surface area (Å²) in [5.74, 6) is -2.22. The Kier molecular flexibility index (Phi) is 9.13. The monoisotopic (exact) mass is 591 g/mol. The molecule has 4 aromatic rings. The van der Waals surface area contributed by atoms with E-state index in [0.717, 1.165) is 15.4 Å². The number of fused-ring (bicyclic) bond motifs is 1. The van der Waals surface area contributed by atoms with E-state index in [1.807, 2.05) is 12.1 Å². The van der Waals surface area contributed by atoms with Gasteiger partial charge in [-0.15, -0.1) is 0 Å². The van der Waals surface area contributed by atoms with Gasteiger partial charge in [0.1, 0.15) is 11.6 Å². The Hall–Kier alpha value is -4.48. The van der Waals surface area contributed by atoms with Crippen molar-refractivity contribution in [2.24, 2.45) is 11.8 Å². The molecule has 10 nitrogen and oxygen atoms in total. The van der Waals surface area contributed by atoms with Gasteiger partial charge < -0.3 is 20.2 Å². The molecule has 220 valence electrons. The first-order chi connectivity index (χ1) is 19.9. The van der Waals surface area contributed by atoms with Crippen molar-refractivity contribution in [2.45, 2.75) is 40.7 Å². The first kappa shape index (κ1) is 30.5. The van der Waals surface area contributed by atoms with Crippen molar-refractivity contribution in [2.75, 3.05) is 14.9 Å². The molecule has 11 heteroatoms. The first-order valence-electron chi connectivity index (χ1n) is 13.4. The van der Waals surface area contributed by atoms with Crippen LogP contribution >= 0.6 is 0 Å². The lowest BCUT2D eigenvalue weighted by Gasteiger charge is -2.29. The summed E-state index contributed by atoms with van der Waals surface area (Å²) >= 11 is -2.53. The second-order valence-electron chi connectivity index (χ2n) is 10.5. The Morgan fingerprint density at radius 1 is 0.881 bits per heavy atom. The van der Waals surface area contributed by atoms with E-state index in [1.165, 1.54) is 0 Å². The number of amides is 2. The van der Waals surface area contributed by atoms with Gasteiger partial charge in [0.15, 0.2) is 5.76 Å². The second-order valence-corrected chi connectivity index (χ2v) is 11.4. The number of hydrogen-bond acceptors (Lipinski definition) is 5. The van der Waals surface area contributed by atoms with E-state index in [0.29, 0.717) is 33.6 Å². The fourth-order valence-corrected chi connectivity index (χ4v) is 5.47.